The molecule has 0 saturated carbocycles. The lowest BCUT2D eigenvalue weighted by atomic mass is 10.0. The highest BCUT2D eigenvalue weighted by atomic mass is 14.8. The molecule has 37 heavy (non-hydrogen) atoms. The maximum Gasteiger partial charge on any atom is 0.0633 e. The van der Waals surface area contributed by atoms with Gasteiger partial charge in [0.1, 0.15) is 0 Å². The van der Waals surface area contributed by atoms with Gasteiger partial charge in [0.05, 0.1) is 17.1 Å². The van der Waals surface area contributed by atoms with Crippen molar-refractivity contribution in [3.63, 3.8) is 0 Å². The molecule has 0 amide bonds. The maximum absolute atomic E-state index is 4.80. The van der Waals surface area contributed by atoms with E-state index in [2.05, 4.69) is 38.1 Å². The highest BCUT2D eigenvalue weighted by Crippen LogP contribution is 2.17. The monoisotopic (exact) mass is 502 g/mol. The third kappa shape index (κ3) is 16.3. The van der Waals surface area contributed by atoms with Gasteiger partial charge < -0.3 is 0 Å². The van der Waals surface area contributed by atoms with E-state index >= 15 is 0 Å². The van der Waals surface area contributed by atoms with Crippen LogP contribution in [0.2, 0.25) is 0 Å². The number of para-hydroxylation sites is 1. The van der Waals surface area contributed by atoms with Gasteiger partial charge in [-0.2, -0.15) is 0 Å². The van der Waals surface area contributed by atoms with Crippen LogP contribution in [0.1, 0.15) is 135 Å². The van der Waals surface area contributed by atoms with Crippen LogP contribution in [0.3, 0.4) is 0 Å². The van der Waals surface area contributed by atoms with Crippen molar-refractivity contribution in [1.82, 2.24) is 0 Å². The third-order valence-electron chi connectivity index (χ3n) is 7.18. The Morgan fingerprint density at radius 1 is 0.541 bits per heavy atom. The van der Waals surface area contributed by atoms with Crippen LogP contribution in [0.25, 0.3) is 0 Å². The summed E-state index contributed by atoms with van der Waals surface area (Å²) in [5.41, 5.74) is 4.49. The predicted molar refractivity (Wildman–Crippen MR) is 166 cm³/mol. The van der Waals surface area contributed by atoms with Crippen LogP contribution in [0.5, 0.6) is 0 Å². The molecule has 2 aromatic carbocycles. The second-order valence-corrected chi connectivity index (χ2v) is 10.7. The Hall–Kier alpha value is -2.22. The van der Waals surface area contributed by atoms with Gasteiger partial charge in [-0.25, -0.2) is 0 Å². The van der Waals surface area contributed by atoms with Crippen molar-refractivity contribution < 1.29 is 0 Å². The fourth-order valence-electron chi connectivity index (χ4n) is 4.77. The number of aliphatic imine (C=N–C) groups is 2. The van der Waals surface area contributed by atoms with E-state index < -0.39 is 0 Å². The highest BCUT2D eigenvalue weighted by Gasteiger charge is 1.99. The SMILES string of the molecule is CCCCCCCCCCCCCCCCCc1ccc(N=CC(CCCC)=Nc2ccccc2)cc1. The minimum absolute atomic E-state index is 0.964. The zero-order valence-electron chi connectivity index (χ0n) is 24.1. The lowest BCUT2D eigenvalue weighted by Gasteiger charge is -2.04. The summed E-state index contributed by atoms with van der Waals surface area (Å²) >= 11 is 0. The summed E-state index contributed by atoms with van der Waals surface area (Å²) in [6.07, 6.45) is 27.7. The van der Waals surface area contributed by atoms with Crippen molar-refractivity contribution in [3.8, 4) is 0 Å². The van der Waals surface area contributed by atoms with Crippen LogP contribution in [0.15, 0.2) is 64.6 Å². The maximum atomic E-state index is 4.80. The quantitative estimate of drug-likeness (QED) is 0.113. The summed E-state index contributed by atoms with van der Waals surface area (Å²) in [6.45, 7) is 4.51. The van der Waals surface area contributed by atoms with E-state index in [0.717, 1.165) is 36.3 Å². The van der Waals surface area contributed by atoms with Crippen molar-refractivity contribution in [2.24, 2.45) is 9.98 Å². The number of hydrogen-bond acceptors (Lipinski definition) is 2. The van der Waals surface area contributed by atoms with E-state index in [4.69, 9.17) is 9.98 Å². The third-order valence-corrected chi connectivity index (χ3v) is 7.18. The molecule has 0 bridgehead atoms. The van der Waals surface area contributed by atoms with Gasteiger partial charge in [0.2, 0.25) is 0 Å². The van der Waals surface area contributed by atoms with Crippen LogP contribution in [-0.2, 0) is 6.42 Å². The van der Waals surface area contributed by atoms with Crippen LogP contribution in [0, 0.1) is 0 Å². The van der Waals surface area contributed by atoms with Gasteiger partial charge in [0.25, 0.3) is 0 Å². The highest BCUT2D eigenvalue weighted by molar-refractivity contribution is 6.31. The minimum Gasteiger partial charge on any atom is -0.255 e. The fourth-order valence-corrected chi connectivity index (χ4v) is 4.77. The van der Waals surface area contributed by atoms with E-state index in [1.807, 2.05) is 36.5 Å². The van der Waals surface area contributed by atoms with Gasteiger partial charge in [0.15, 0.2) is 0 Å². The van der Waals surface area contributed by atoms with Crippen molar-refractivity contribution in [1.29, 1.82) is 0 Å². The van der Waals surface area contributed by atoms with Gasteiger partial charge >= 0.3 is 0 Å². The first-order chi connectivity index (χ1) is 18.3. The molecule has 2 nitrogen and oxygen atoms in total. The Labute approximate surface area is 229 Å². The molecular formula is C35H54N2. The zero-order valence-corrected chi connectivity index (χ0v) is 24.1. The minimum atomic E-state index is 0.964. The standard InChI is InChI=1S/C35H54N2/c1-3-5-7-8-9-10-11-12-13-14-15-16-17-18-20-23-32-27-29-33(30-28-32)36-31-35(24-6-4-2)37-34-25-21-19-22-26-34/h19,21-22,25-31H,3-18,20,23-24H2,1-2H3. The Kier molecular flexibility index (Phi) is 18.3. The summed E-state index contributed by atoms with van der Waals surface area (Å²) in [5, 5.41) is 0. The molecule has 0 fully saturated rings. The molecule has 2 heteroatoms. The molecule has 0 spiro atoms. The van der Waals surface area contributed by atoms with Crippen LogP contribution in [0.4, 0.5) is 11.4 Å². The molecule has 0 aliphatic carbocycles. The summed E-state index contributed by atoms with van der Waals surface area (Å²) < 4.78 is 0. The molecule has 0 atom stereocenters. The van der Waals surface area contributed by atoms with Crippen LogP contribution < -0.4 is 0 Å². The van der Waals surface area contributed by atoms with Gasteiger partial charge in [0, 0.05) is 6.21 Å². The number of benzene rings is 2. The lowest BCUT2D eigenvalue weighted by molar-refractivity contribution is 0.532. The Balaban J connectivity index is 1.55. The normalized spacial score (nSPS) is 12.0. The molecule has 0 aromatic heterocycles. The second kappa shape index (κ2) is 21.8. The molecule has 204 valence electrons. The fraction of sp³-hybridized carbons (Fsp3) is 0.600. The summed E-state index contributed by atoms with van der Waals surface area (Å²) in [4.78, 5) is 9.52. The smallest absolute Gasteiger partial charge is 0.0633 e. The number of rotatable bonds is 22. The number of nitrogens with zero attached hydrogens (tertiary/aromatic N) is 2. The molecule has 2 aromatic rings. The predicted octanol–water partition coefficient (Wildman–Crippen LogP) is 11.8. The van der Waals surface area contributed by atoms with Crippen molar-refractivity contribution in [3.05, 3.63) is 60.2 Å². The van der Waals surface area contributed by atoms with Crippen LogP contribution >= 0.6 is 0 Å². The van der Waals surface area contributed by atoms with E-state index in [9.17, 15) is 0 Å². The molecule has 2 rings (SSSR count). The topological polar surface area (TPSA) is 24.7 Å². The lowest BCUT2D eigenvalue weighted by Crippen LogP contribution is -1.99. The molecule has 0 radical (unpaired) electrons. The molecule has 0 N–H and O–H groups in total. The molecular weight excluding hydrogens is 448 g/mol. The van der Waals surface area contributed by atoms with Gasteiger partial charge in [-0.05, 0) is 55.5 Å². The molecule has 0 saturated heterocycles. The summed E-state index contributed by atoms with van der Waals surface area (Å²) in [7, 11) is 0. The van der Waals surface area contributed by atoms with Crippen LogP contribution in [-0.4, -0.2) is 11.9 Å². The average Bonchev–Trinajstić information content (AvgIpc) is 2.93. The second-order valence-electron chi connectivity index (χ2n) is 10.7. The number of hydrogen-bond donors (Lipinski definition) is 0. The molecule has 0 heterocycles. The Morgan fingerprint density at radius 3 is 1.59 bits per heavy atom. The van der Waals surface area contributed by atoms with Gasteiger partial charge in [-0.15, -0.1) is 0 Å². The number of unbranched alkanes of at least 4 members (excludes halogenated alkanes) is 15. The van der Waals surface area contributed by atoms with E-state index in [-0.39, 0.29) is 0 Å². The molecule has 0 unspecified atom stereocenters. The van der Waals surface area contributed by atoms with E-state index in [1.165, 1.54) is 108 Å². The Morgan fingerprint density at radius 2 is 1.05 bits per heavy atom. The number of aryl methyl sites for hydroxylation is 1. The zero-order chi connectivity index (χ0) is 26.2. The van der Waals surface area contributed by atoms with Crippen molar-refractivity contribution in [2.45, 2.75) is 136 Å². The van der Waals surface area contributed by atoms with E-state index in [0.29, 0.717) is 0 Å². The summed E-state index contributed by atoms with van der Waals surface area (Å²) in [5.74, 6) is 0. The van der Waals surface area contributed by atoms with Crippen molar-refractivity contribution >= 4 is 23.3 Å². The first-order valence-electron chi connectivity index (χ1n) is 15.6. The Bertz CT molecular complexity index is 835. The van der Waals surface area contributed by atoms with Gasteiger partial charge in [-0.3, -0.25) is 9.98 Å². The average molecular weight is 503 g/mol. The molecule has 0 aliphatic heterocycles. The summed E-state index contributed by atoms with van der Waals surface area (Å²) in [6, 6.07) is 19.0. The van der Waals surface area contributed by atoms with E-state index in [1.54, 1.807) is 0 Å². The molecule has 0 aliphatic rings. The first-order valence-corrected chi connectivity index (χ1v) is 15.6. The van der Waals surface area contributed by atoms with Gasteiger partial charge in [-0.1, -0.05) is 140 Å². The largest absolute Gasteiger partial charge is 0.255 e. The van der Waals surface area contributed by atoms with Crippen molar-refractivity contribution in [2.75, 3.05) is 0 Å². The first kappa shape index (κ1) is 31.0.